The van der Waals surface area contributed by atoms with Gasteiger partial charge in [-0.2, -0.15) is 5.10 Å². The number of fused-ring (bicyclic) bond motifs is 1. The number of phenolic OH excluding ortho intramolecular Hbond substituents is 1. The average Bonchev–Trinajstić information content (AvgIpc) is 2.97. The summed E-state index contributed by atoms with van der Waals surface area (Å²) in [5, 5.41) is 14.7. The number of hydrogen-bond acceptors (Lipinski definition) is 5. The van der Waals surface area contributed by atoms with Gasteiger partial charge in [0, 0.05) is 20.1 Å². The van der Waals surface area contributed by atoms with Crippen molar-refractivity contribution in [2.75, 3.05) is 18.0 Å². The first kappa shape index (κ1) is 14.0. The molecule has 4 rings (SSSR count). The van der Waals surface area contributed by atoms with Crippen LogP contribution in [-0.4, -0.2) is 37.9 Å². The molecule has 3 aromatic rings. The van der Waals surface area contributed by atoms with Gasteiger partial charge in [0.05, 0.1) is 11.6 Å². The Morgan fingerprint density at radius 2 is 1.83 bits per heavy atom. The summed E-state index contributed by atoms with van der Waals surface area (Å²) in [6.07, 6.45) is 5.62. The maximum Gasteiger partial charge on any atom is 0.163 e. The van der Waals surface area contributed by atoms with Crippen LogP contribution >= 0.6 is 0 Å². The van der Waals surface area contributed by atoms with E-state index in [-0.39, 0.29) is 0 Å². The van der Waals surface area contributed by atoms with E-state index in [9.17, 15) is 5.11 Å². The predicted octanol–water partition coefficient (Wildman–Crippen LogP) is 2.45. The van der Waals surface area contributed by atoms with Gasteiger partial charge in [-0.15, -0.1) is 0 Å². The van der Waals surface area contributed by atoms with E-state index >= 15 is 0 Å². The third kappa shape index (κ3) is 2.50. The van der Waals surface area contributed by atoms with Crippen molar-refractivity contribution in [3.8, 4) is 5.75 Å². The van der Waals surface area contributed by atoms with E-state index in [2.05, 4.69) is 20.0 Å². The molecule has 0 amide bonds. The van der Waals surface area contributed by atoms with Gasteiger partial charge in [-0.1, -0.05) is 12.1 Å². The van der Waals surface area contributed by atoms with E-state index in [0.717, 1.165) is 42.8 Å². The van der Waals surface area contributed by atoms with Crippen LogP contribution in [0.3, 0.4) is 0 Å². The lowest BCUT2D eigenvalue weighted by Gasteiger charge is -2.33. The van der Waals surface area contributed by atoms with Crippen LogP contribution in [0.2, 0.25) is 0 Å². The Bertz CT molecular complexity index is 819. The lowest BCUT2D eigenvalue weighted by molar-refractivity contribution is 0.472. The lowest BCUT2D eigenvalue weighted by atomic mass is 9.89. The summed E-state index contributed by atoms with van der Waals surface area (Å²) >= 11 is 0. The smallest absolute Gasteiger partial charge is 0.163 e. The van der Waals surface area contributed by atoms with Crippen LogP contribution in [0.4, 0.5) is 5.82 Å². The highest BCUT2D eigenvalue weighted by Crippen LogP contribution is 2.32. The van der Waals surface area contributed by atoms with Gasteiger partial charge in [0.2, 0.25) is 0 Å². The fourth-order valence-electron chi connectivity index (χ4n) is 3.37. The van der Waals surface area contributed by atoms with Crippen molar-refractivity contribution in [3.63, 3.8) is 0 Å². The Balaban J connectivity index is 1.54. The molecule has 6 heteroatoms. The van der Waals surface area contributed by atoms with Crippen LogP contribution in [-0.2, 0) is 7.05 Å². The van der Waals surface area contributed by atoms with Crippen molar-refractivity contribution in [2.45, 2.75) is 18.8 Å². The zero-order valence-corrected chi connectivity index (χ0v) is 13.1. The normalized spacial score (nSPS) is 16.1. The number of hydrogen-bond donors (Lipinski definition) is 1. The number of rotatable bonds is 2. The van der Waals surface area contributed by atoms with Crippen molar-refractivity contribution in [1.29, 1.82) is 0 Å². The van der Waals surface area contributed by atoms with E-state index in [0.29, 0.717) is 11.7 Å². The van der Waals surface area contributed by atoms with Crippen LogP contribution in [0.25, 0.3) is 11.0 Å². The highest BCUT2D eigenvalue weighted by atomic mass is 16.3. The zero-order chi connectivity index (χ0) is 15.8. The van der Waals surface area contributed by atoms with E-state index in [1.54, 1.807) is 23.1 Å². The molecule has 1 saturated heterocycles. The van der Waals surface area contributed by atoms with Crippen LogP contribution in [0.1, 0.15) is 24.3 Å². The molecule has 1 fully saturated rings. The van der Waals surface area contributed by atoms with Crippen molar-refractivity contribution in [1.82, 2.24) is 19.7 Å². The number of benzene rings is 1. The minimum absolute atomic E-state index is 0.325. The monoisotopic (exact) mass is 309 g/mol. The summed E-state index contributed by atoms with van der Waals surface area (Å²) in [5.41, 5.74) is 2.17. The van der Waals surface area contributed by atoms with Crippen LogP contribution in [0, 0.1) is 0 Å². The molecule has 0 atom stereocenters. The molecular weight excluding hydrogens is 290 g/mol. The number of aryl methyl sites for hydroxylation is 1. The minimum atomic E-state index is 0.325. The standard InChI is InChI=1S/C17H19N5O/c1-21-16-15(10-20-21)17(19-11-18-16)22-8-6-13(7-9-22)12-2-4-14(23)5-3-12/h2-5,10-11,13,23H,6-9H2,1H3. The third-order valence-corrected chi connectivity index (χ3v) is 4.67. The molecule has 0 unspecified atom stereocenters. The first-order valence-corrected chi connectivity index (χ1v) is 7.89. The molecule has 1 aromatic carbocycles. The van der Waals surface area contributed by atoms with Gasteiger partial charge in [-0.25, -0.2) is 9.97 Å². The fraction of sp³-hybridized carbons (Fsp3) is 0.353. The molecule has 1 aliphatic heterocycles. The van der Waals surface area contributed by atoms with E-state index in [4.69, 9.17) is 0 Å². The van der Waals surface area contributed by atoms with Crippen LogP contribution < -0.4 is 4.90 Å². The number of nitrogens with zero attached hydrogens (tertiary/aromatic N) is 5. The summed E-state index contributed by atoms with van der Waals surface area (Å²) in [5.74, 6) is 1.84. The van der Waals surface area contributed by atoms with E-state index in [1.807, 2.05) is 25.4 Å². The summed E-state index contributed by atoms with van der Waals surface area (Å²) in [6, 6.07) is 7.59. The number of piperidine rings is 1. The van der Waals surface area contributed by atoms with Crippen molar-refractivity contribution in [2.24, 2.45) is 7.05 Å². The Hall–Kier alpha value is -2.63. The molecule has 1 N–H and O–H groups in total. The fourth-order valence-corrected chi connectivity index (χ4v) is 3.37. The van der Waals surface area contributed by atoms with Gasteiger partial charge in [0.25, 0.3) is 0 Å². The van der Waals surface area contributed by atoms with Gasteiger partial charge in [0.1, 0.15) is 17.9 Å². The average molecular weight is 309 g/mol. The first-order chi connectivity index (χ1) is 11.2. The summed E-state index contributed by atoms with van der Waals surface area (Å²) in [7, 11) is 1.90. The molecule has 118 valence electrons. The highest BCUT2D eigenvalue weighted by Gasteiger charge is 2.23. The molecule has 23 heavy (non-hydrogen) atoms. The topological polar surface area (TPSA) is 67.1 Å². The SMILES string of the molecule is Cn1ncc2c(N3CCC(c4ccc(O)cc4)CC3)ncnc21. The first-order valence-electron chi connectivity index (χ1n) is 7.89. The number of aromatic hydroxyl groups is 1. The molecule has 0 aliphatic carbocycles. The minimum Gasteiger partial charge on any atom is -0.508 e. The van der Waals surface area contributed by atoms with Crippen LogP contribution in [0.5, 0.6) is 5.75 Å². The summed E-state index contributed by atoms with van der Waals surface area (Å²) < 4.78 is 1.78. The van der Waals surface area contributed by atoms with Gasteiger partial charge < -0.3 is 10.0 Å². The molecule has 6 nitrogen and oxygen atoms in total. The molecule has 0 radical (unpaired) electrons. The van der Waals surface area contributed by atoms with Gasteiger partial charge in [-0.05, 0) is 36.5 Å². The van der Waals surface area contributed by atoms with Crippen molar-refractivity contribution < 1.29 is 5.11 Å². The molecular formula is C17H19N5O. The molecule has 0 bridgehead atoms. The number of phenols is 1. The number of anilines is 1. The van der Waals surface area contributed by atoms with Gasteiger partial charge in [0.15, 0.2) is 5.65 Å². The lowest BCUT2D eigenvalue weighted by Crippen LogP contribution is -2.33. The van der Waals surface area contributed by atoms with Crippen molar-refractivity contribution >= 4 is 16.9 Å². The maximum absolute atomic E-state index is 9.42. The van der Waals surface area contributed by atoms with Gasteiger partial charge >= 0.3 is 0 Å². The molecule has 0 spiro atoms. The largest absolute Gasteiger partial charge is 0.508 e. The quantitative estimate of drug-likeness (QED) is 0.787. The number of aromatic nitrogens is 4. The van der Waals surface area contributed by atoms with Gasteiger partial charge in [-0.3, -0.25) is 4.68 Å². The van der Waals surface area contributed by atoms with E-state index in [1.165, 1.54) is 5.56 Å². The second-order valence-electron chi connectivity index (χ2n) is 6.06. The van der Waals surface area contributed by atoms with E-state index < -0.39 is 0 Å². The third-order valence-electron chi connectivity index (χ3n) is 4.67. The second-order valence-corrected chi connectivity index (χ2v) is 6.06. The summed E-state index contributed by atoms with van der Waals surface area (Å²) in [4.78, 5) is 11.1. The Labute approximate surface area is 134 Å². The summed E-state index contributed by atoms with van der Waals surface area (Å²) in [6.45, 7) is 1.93. The molecule has 2 aromatic heterocycles. The van der Waals surface area contributed by atoms with Crippen molar-refractivity contribution in [3.05, 3.63) is 42.4 Å². The highest BCUT2D eigenvalue weighted by molar-refractivity contribution is 5.86. The maximum atomic E-state index is 9.42. The zero-order valence-electron chi connectivity index (χ0n) is 13.1. The molecule has 3 heterocycles. The second kappa shape index (κ2) is 5.53. The Kier molecular flexibility index (Phi) is 3.37. The molecule has 1 aliphatic rings. The predicted molar refractivity (Wildman–Crippen MR) is 88.6 cm³/mol. The Morgan fingerprint density at radius 1 is 1.09 bits per heavy atom. The van der Waals surface area contributed by atoms with Crippen LogP contribution in [0.15, 0.2) is 36.8 Å². The Morgan fingerprint density at radius 3 is 2.57 bits per heavy atom. The molecule has 0 saturated carbocycles.